The summed E-state index contributed by atoms with van der Waals surface area (Å²) in [5.74, 6) is 0.335. The first-order chi connectivity index (χ1) is 11.6. The highest BCUT2D eigenvalue weighted by Crippen LogP contribution is 2.37. The number of amides is 1. The van der Waals surface area contributed by atoms with Crippen molar-refractivity contribution in [1.82, 2.24) is 25.2 Å². The zero-order valence-corrected chi connectivity index (χ0v) is 13.9. The van der Waals surface area contributed by atoms with E-state index in [4.69, 9.17) is 0 Å². The second-order valence-electron chi connectivity index (χ2n) is 7.14. The Morgan fingerprint density at radius 1 is 1.38 bits per heavy atom. The predicted molar refractivity (Wildman–Crippen MR) is 84.1 cm³/mol. The van der Waals surface area contributed by atoms with Crippen molar-refractivity contribution in [1.29, 1.82) is 0 Å². The Hall–Kier alpha value is -1.96. The highest BCUT2D eigenvalue weighted by atomic mass is 16.5. The fourth-order valence-electron chi connectivity index (χ4n) is 3.96. The summed E-state index contributed by atoms with van der Waals surface area (Å²) in [7, 11) is 1.33. The Morgan fingerprint density at radius 3 is 2.88 bits per heavy atom. The van der Waals surface area contributed by atoms with E-state index in [2.05, 4.69) is 25.3 Å². The normalized spacial score (nSPS) is 31.7. The van der Waals surface area contributed by atoms with Gasteiger partial charge in [0.1, 0.15) is 0 Å². The Balaban J connectivity index is 1.37. The number of carbonyl (C=O) groups is 2. The molecule has 4 atom stereocenters. The van der Waals surface area contributed by atoms with Crippen molar-refractivity contribution in [2.45, 2.75) is 44.3 Å². The van der Waals surface area contributed by atoms with E-state index in [1.807, 2.05) is 0 Å². The summed E-state index contributed by atoms with van der Waals surface area (Å²) in [6, 6.07) is 0.775. The highest BCUT2D eigenvalue weighted by molar-refractivity contribution is 5.86. The molecule has 2 unspecified atom stereocenters. The smallest absolute Gasteiger partial charge is 0.360 e. The van der Waals surface area contributed by atoms with Crippen molar-refractivity contribution in [2.75, 3.05) is 20.2 Å². The molecule has 4 heterocycles. The minimum atomic E-state index is -0.469. The molecule has 1 aliphatic carbocycles. The summed E-state index contributed by atoms with van der Waals surface area (Å²) in [5, 5.41) is 11.0. The summed E-state index contributed by atoms with van der Waals surface area (Å²) in [6.45, 7) is 2.55. The van der Waals surface area contributed by atoms with Gasteiger partial charge in [-0.05, 0) is 38.1 Å². The van der Waals surface area contributed by atoms with Gasteiger partial charge in [0, 0.05) is 18.6 Å². The lowest BCUT2D eigenvalue weighted by Crippen LogP contribution is -2.58. The number of hydrogen-bond donors (Lipinski definition) is 1. The molecule has 8 heteroatoms. The number of nitrogens with one attached hydrogen (secondary N) is 1. The van der Waals surface area contributed by atoms with Crippen molar-refractivity contribution in [3.05, 3.63) is 11.9 Å². The summed E-state index contributed by atoms with van der Waals surface area (Å²) in [6.07, 6.45) is 5.97. The number of aromatic nitrogens is 3. The van der Waals surface area contributed by atoms with Crippen LogP contribution in [-0.4, -0.2) is 64.1 Å². The summed E-state index contributed by atoms with van der Waals surface area (Å²) in [5.41, 5.74) is 0.232. The summed E-state index contributed by atoms with van der Waals surface area (Å²) in [4.78, 5) is 26.2. The first-order valence-electron chi connectivity index (χ1n) is 8.67. The first-order valence-corrected chi connectivity index (χ1v) is 8.67. The molecule has 24 heavy (non-hydrogen) atoms. The number of nitrogens with zero attached hydrogens (tertiary/aromatic N) is 4. The van der Waals surface area contributed by atoms with Gasteiger partial charge in [0.2, 0.25) is 5.91 Å². The van der Waals surface area contributed by atoms with Gasteiger partial charge in [-0.25, -0.2) is 4.79 Å². The second-order valence-corrected chi connectivity index (χ2v) is 7.14. The highest BCUT2D eigenvalue weighted by Gasteiger charge is 2.44. The minimum Gasteiger partial charge on any atom is -0.464 e. The van der Waals surface area contributed by atoms with Gasteiger partial charge in [0.25, 0.3) is 0 Å². The van der Waals surface area contributed by atoms with Gasteiger partial charge in [-0.1, -0.05) is 5.21 Å². The molecule has 0 radical (unpaired) electrons. The van der Waals surface area contributed by atoms with Gasteiger partial charge in [-0.15, -0.1) is 5.10 Å². The van der Waals surface area contributed by atoms with E-state index in [0.717, 1.165) is 38.8 Å². The quantitative estimate of drug-likeness (QED) is 0.766. The fourth-order valence-corrected chi connectivity index (χ4v) is 3.96. The molecule has 130 valence electrons. The van der Waals surface area contributed by atoms with Gasteiger partial charge in [0.15, 0.2) is 5.69 Å². The lowest BCUT2D eigenvalue weighted by Gasteiger charge is -2.49. The van der Waals surface area contributed by atoms with Gasteiger partial charge in [-0.3, -0.25) is 14.4 Å². The average Bonchev–Trinajstić information content (AvgIpc) is 3.30. The van der Waals surface area contributed by atoms with E-state index in [-0.39, 0.29) is 17.5 Å². The van der Waals surface area contributed by atoms with Crippen LogP contribution in [0, 0.1) is 11.8 Å². The number of hydrogen-bond acceptors (Lipinski definition) is 6. The molecule has 1 amide bonds. The van der Waals surface area contributed by atoms with Crippen molar-refractivity contribution < 1.29 is 14.3 Å². The van der Waals surface area contributed by atoms with Gasteiger partial charge >= 0.3 is 5.97 Å². The Morgan fingerprint density at radius 2 is 2.21 bits per heavy atom. The maximum absolute atomic E-state index is 12.4. The Labute approximate surface area is 140 Å². The maximum Gasteiger partial charge on any atom is 0.360 e. The van der Waals surface area contributed by atoms with E-state index in [0.29, 0.717) is 24.5 Å². The van der Waals surface area contributed by atoms with Gasteiger partial charge < -0.3 is 10.1 Å². The largest absolute Gasteiger partial charge is 0.464 e. The van der Waals surface area contributed by atoms with Crippen LogP contribution >= 0.6 is 0 Å². The number of esters is 1. The lowest BCUT2D eigenvalue weighted by atomic mass is 9.75. The molecule has 5 rings (SSSR count). The monoisotopic (exact) mass is 333 g/mol. The number of ether oxygens (including phenoxy) is 1. The van der Waals surface area contributed by atoms with Crippen molar-refractivity contribution >= 4 is 11.9 Å². The predicted octanol–water partition coefficient (Wildman–Crippen LogP) is 0.0537. The van der Waals surface area contributed by atoms with E-state index >= 15 is 0 Å². The summed E-state index contributed by atoms with van der Waals surface area (Å²) >= 11 is 0. The van der Waals surface area contributed by atoms with Crippen LogP contribution in [-0.2, 0) is 16.1 Å². The lowest BCUT2D eigenvalue weighted by molar-refractivity contribution is -0.133. The molecule has 4 aliphatic rings. The molecule has 3 saturated heterocycles. The molecule has 0 spiro atoms. The third-order valence-electron chi connectivity index (χ3n) is 5.47. The molecule has 3 aliphatic heterocycles. The molecule has 0 aromatic carbocycles. The second kappa shape index (κ2) is 6.16. The van der Waals surface area contributed by atoms with Crippen LogP contribution in [0.4, 0.5) is 0 Å². The molecule has 4 fully saturated rings. The SMILES string of the molecule is COC(=O)c1cn(C[C@H]2CC3CCN2C[C@@H]3C(=O)NC2CC2)nn1. The van der Waals surface area contributed by atoms with Crippen LogP contribution in [0.15, 0.2) is 6.20 Å². The fraction of sp³-hybridized carbons (Fsp3) is 0.750. The van der Waals surface area contributed by atoms with Crippen LogP contribution in [0.5, 0.6) is 0 Å². The number of carbonyl (C=O) groups excluding carboxylic acids is 2. The molecule has 8 nitrogen and oxygen atoms in total. The molecular formula is C16H23N5O3. The number of rotatable bonds is 5. The third-order valence-corrected chi connectivity index (χ3v) is 5.47. The molecule has 1 aromatic rings. The average molecular weight is 333 g/mol. The van der Waals surface area contributed by atoms with Crippen molar-refractivity contribution in [2.24, 2.45) is 11.8 Å². The van der Waals surface area contributed by atoms with Crippen LogP contribution in [0.3, 0.4) is 0 Å². The Bertz CT molecular complexity index is 641. The van der Waals surface area contributed by atoms with Crippen LogP contribution < -0.4 is 5.32 Å². The molecule has 1 N–H and O–H groups in total. The molecule has 1 saturated carbocycles. The van der Waals surface area contributed by atoms with Crippen LogP contribution in [0.1, 0.15) is 36.2 Å². The molecule has 2 bridgehead atoms. The Kier molecular flexibility index (Phi) is 3.99. The standard InChI is InChI=1S/C16H23N5O3/c1-24-16(23)14-9-21(19-18-14)7-12-6-10-4-5-20(12)8-13(10)15(22)17-11-2-3-11/h9-13H,2-8H2,1H3,(H,17,22)/t10?,12-,13+/m1/s1. The van der Waals surface area contributed by atoms with Crippen LogP contribution in [0.2, 0.25) is 0 Å². The van der Waals surface area contributed by atoms with Crippen molar-refractivity contribution in [3.63, 3.8) is 0 Å². The van der Waals surface area contributed by atoms with E-state index < -0.39 is 5.97 Å². The maximum atomic E-state index is 12.4. The first kappa shape index (κ1) is 15.6. The van der Waals surface area contributed by atoms with Crippen LogP contribution in [0.25, 0.3) is 0 Å². The zero-order valence-electron chi connectivity index (χ0n) is 13.9. The van der Waals surface area contributed by atoms with E-state index in [9.17, 15) is 9.59 Å². The number of fused-ring (bicyclic) bond motifs is 3. The number of piperidine rings is 3. The van der Waals surface area contributed by atoms with E-state index in [1.165, 1.54) is 7.11 Å². The summed E-state index contributed by atoms with van der Waals surface area (Å²) < 4.78 is 6.36. The number of methoxy groups -OCH3 is 1. The van der Waals surface area contributed by atoms with E-state index in [1.54, 1.807) is 10.9 Å². The third kappa shape index (κ3) is 3.02. The van der Waals surface area contributed by atoms with Crippen molar-refractivity contribution in [3.8, 4) is 0 Å². The van der Waals surface area contributed by atoms with Gasteiger partial charge in [-0.2, -0.15) is 0 Å². The molecular weight excluding hydrogens is 310 g/mol. The van der Waals surface area contributed by atoms with Gasteiger partial charge in [0.05, 0.1) is 25.8 Å². The topological polar surface area (TPSA) is 89.4 Å². The molecule has 1 aromatic heterocycles. The zero-order chi connectivity index (χ0) is 16.7. The minimum absolute atomic E-state index is 0.122.